The largest absolute Gasteiger partial charge is 0.465 e. The minimum Gasteiger partial charge on any atom is -0.465 e. The highest BCUT2D eigenvalue weighted by molar-refractivity contribution is 9.10. The molecule has 8 heteroatoms. The Balaban J connectivity index is 1.95. The first-order valence-corrected chi connectivity index (χ1v) is 7.16. The number of nitrogens with zero attached hydrogens (tertiary/aromatic N) is 1. The smallest absolute Gasteiger partial charge is 0.408 e. The van der Waals surface area contributed by atoms with Crippen LogP contribution in [0.5, 0.6) is 0 Å². The van der Waals surface area contributed by atoms with E-state index >= 15 is 0 Å². The molecule has 2 amide bonds. The van der Waals surface area contributed by atoms with Gasteiger partial charge in [-0.2, -0.15) is 0 Å². The Hall–Kier alpha value is -1.41. The highest BCUT2D eigenvalue weighted by Gasteiger charge is 2.38. The van der Waals surface area contributed by atoms with Gasteiger partial charge in [0.05, 0.1) is 13.1 Å². The number of nitrogens with one attached hydrogen (secondary N) is 1. The van der Waals surface area contributed by atoms with Gasteiger partial charge in [-0.3, -0.25) is 14.5 Å². The second-order valence-corrected chi connectivity index (χ2v) is 6.03. The number of amides is 2. The average molecular weight is 347 g/mol. The molecule has 1 aliphatic heterocycles. The third-order valence-corrected chi connectivity index (χ3v) is 4.45. The molecule has 1 fully saturated rings. The van der Waals surface area contributed by atoms with Gasteiger partial charge in [0.15, 0.2) is 5.78 Å². The first-order valence-electron chi connectivity index (χ1n) is 5.49. The Morgan fingerprint density at radius 3 is 2.89 bits per heavy atom. The van der Waals surface area contributed by atoms with Gasteiger partial charge in [-0.1, -0.05) is 0 Å². The molecule has 2 heterocycles. The molecule has 0 unspecified atom stereocenters. The van der Waals surface area contributed by atoms with E-state index in [-0.39, 0.29) is 18.7 Å². The van der Waals surface area contributed by atoms with Crippen LogP contribution in [0.1, 0.15) is 11.3 Å². The molecule has 1 atom stereocenters. The molecule has 2 N–H and O–H groups in total. The summed E-state index contributed by atoms with van der Waals surface area (Å²) in [5.74, 6) is -0.667. The summed E-state index contributed by atoms with van der Waals surface area (Å²) in [4.78, 5) is 35.9. The Morgan fingerprint density at radius 1 is 1.58 bits per heavy atom. The number of hydrogen-bond donors (Lipinski definition) is 2. The Labute approximate surface area is 121 Å². The lowest BCUT2D eigenvalue weighted by Gasteiger charge is -2.19. The van der Waals surface area contributed by atoms with Gasteiger partial charge in [-0.25, -0.2) is 4.79 Å². The van der Waals surface area contributed by atoms with Crippen LogP contribution in [0.25, 0.3) is 0 Å². The quantitative estimate of drug-likeness (QED) is 0.867. The van der Waals surface area contributed by atoms with Crippen LogP contribution in [0, 0.1) is 0 Å². The molecule has 0 spiro atoms. The van der Waals surface area contributed by atoms with Crippen molar-refractivity contribution in [1.82, 2.24) is 10.2 Å². The molecular weight excluding hydrogens is 336 g/mol. The fourth-order valence-electron chi connectivity index (χ4n) is 1.86. The van der Waals surface area contributed by atoms with Crippen molar-refractivity contribution in [2.45, 2.75) is 19.0 Å². The van der Waals surface area contributed by atoms with Gasteiger partial charge in [0.2, 0.25) is 5.91 Å². The van der Waals surface area contributed by atoms with Crippen LogP contribution in [0.4, 0.5) is 4.79 Å². The van der Waals surface area contributed by atoms with Crippen molar-refractivity contribution in [3.63, 3.8) is 0 Å². The van der Waals surface area contributed by atoms with Gasteiger partial charge in [0.1, 0.15) is 6.04 Å². The molecule has 1 saturated heterocycles. The molecule has 0 saturated carbocycles. The minimum absolute atomic E-state index is 0.0493. The lowest BCUT2D eigenvalue weighted by molar-refractivity contribution is -0.125. The Bertz CT molecular complexity index is 531. The number of carbonyl (C=O) groups excluding carboxylic acids is 2. The molecule has 0 bridgehead atoms. The van der Waals surface area contributed by atoms with Crippen LogP contribution >= 0.6 is 27.3 Å². The van der Waals surface area contributed by atoms with Crippen LogP contribution < -0.4 is 5.32 Å². The van der Waals surface area contributed by atoms with E-state index in [1.165, 1.54) is 11.3 Å². The number of halogens is 1. The summed E-state index contributed by atoms with van der Waals surface area (Å²) in [5, 5.41) is 13.5. The highest BCUT2D eigenvalue weighted by Crippen LogP contribution is 2.20. The summed E-state index contributed by atoms with van der Waals surface area (Å²) in [6.07, 6.45) is -1.29. The van der Waals surface area contributed by atoms with Crippen molar-refractivity contribution in [3.8, 4) is 0 Å². The van der Waals surface area contributed by atoms with E-state index in [2.05, 4.69) is 21.2 Å². The molecule has 102 valence electrons. The van der Waals surface area contributed by atoms with Crippen molar-refractivity contribution in [2.75, 3.05) is 6.54 Å². The van der Waals surface area contributed by atoms with E-state index in [1.54, 1.807) is 0 Å². The molecule has 1 aliphatic rings. The van der Waals surface area contributed by atoms with Crippen LogP contribution in [-0.4, -0.2) is 40.4 Å². The van der Waals surface area contributed by atoms with Gasteiger partial charge in [0, 0.05) is 21.2 Å². The van der Waals surface area contributed by atoms with Gasteiger partial charge in [-0.05, 0) is 22.0 Å². The fraction of sp³-hybridized carbons (Fsp3) is 0.364. The second-order valence-electron chi connectivity index (χ2n) is 4.12. The normalized spacial score (nSPS) is 18.7. The number of likely N-dealkylation sites (tertiary alicyclic amines) is 1. The SMILES string of the molecule is O=C1C[C@@H](C(=O)NCc2cc(Br)cs2)N(C(=O)O)C1. The molecule has 2 rings (SSSR count). The van der Waals surface area contributed by atoms with Crippen molar-refractivity contribution in [3.05, 3.63) is 20.8 Å². The van der Waals surface area contributed by atoms with E-state index in [0.29, 0.717) is 6.54 Å². The standard InChI is InChI=1S/C11H11BrN2O4S/c12-6-1-8(19-5-6)3-13-10(16)9-2-7(15)4-14(9)11(17)18/h1,5,9H,2-4H2,(H,13,16)(H,17,18)/t9-/m0/s1. The summed E-state index contributed by atoms with van der Waals surface area (Å²) in [5.41, 5.74) is 0. The van der Waals surface area contributed by atoms with E-state index < -0.39 is 18.0 Å². The van der Waals surface area contributed by atoms with E-state index in [4.69, 9.17) is 5.11 Å². The van der Waals surface area contributed by atoms with Crippen molar-refractivity contribution >= 4 is 45.1 Å². The maximum Gasteiger partial charge on any atom is 0.408 e. The van der Waals surface area contributed by atoms with Crippen LogP contribution in [-0.2, 0) is 16.1 Å². The predicted molar refractivity (Wildman–Crippen MR) is 72.0 cm³/mol. The lowest BCUT2D eigenvalue weighted by atomic mass is 10.2. The summed E-state index contributed by atoms with van der Waals surface area (Å²) in [6.45, 7) is 0.116. The molecule has 19 heavy (non-hydrogen) atoms. The van der Waals surface area contributed by atoms with Crippen molar-refractivity contribution in [1.29, 1.82) is 0 Å². The van der Waals surface area contributed by atoms with Crippen molar-refractivity contribution in [2.24, 2.45) is 0 Å². The van der Waals surface area contributed by atoms with Crippen LogP contribution in [0.3, 0.4) is 0 Å². The lowest BCUT2D eigenvalue weighted by Crippen LogP contribution is -2.45. The Kier molecular flexibility index (Phi) is 4.20. The summed E-state index contributed by atoms with van der Waals surface area (Å²) >= 11 is 4.79. The molecular formula is C11H11BrN2O4S. The number of Topliss-reactive ketones (excluding diaryl/α,β-unsaturated/α-hetero) is 1. The first kappa shape index (κ1) is 14.0. The minimum atomic E-state index is -1.25. The summed E-state index contributed by atoms with van der Waals surface area (Å²) in [7, 11) is 0. The molecule has 0 aromatic carbocycles. The number of rotatable bonds is 3. The van der Waals surface area contributed by atoms with Gasteiger partial charge >= 0.3 is 6.09 Å². The molecule has 1 aromatic heterocycles. The first-order chi connectivity index (χ1) is 8.97. The Morgan fingerprint density at radius 2 is 2.32 bits per heavy atom. The molecule has 6 nitrogen and oxygen atoms in total. The zero-order chi connectivity index (χ0) is 14.0. The monoisotopic (exact) mass is 346 g/mol. The van der Waals surface area contributed by atoms with Gasteiger partial charge in [-0.15, -0.1) is 11.3 Å². The maximum atomic E-state index is 11.9. The average Bonchev–Trinajstić information content (AvgIpc) is 2.92. The second kappa shape index (κ2) is 5.70. The van der Waals surface area contributed by atoms with Gasteiger partial charge < -0.3 is 10.4 Å². The zero-order valence-electron chi connectivity index (χ0n) is 9.76. The van der Waals surface area contributed by atoms with Crippen molar-refractivity contribution < 1.29 is 19.5 Å². The van der Waals surface area contributed by atoms with E-state index in [9.17, 15) is 14.4 Å². The van der Waals surface area contributed by atoms with Crippen LogP contribution in [0.15, 0.2) is 15.9 Å². The van der Waals surface area contributed by atoms with Gasteiger partial charge in [0.25, 0.3) is 0 Å². The third kappa shape index (κ3) is 3.32. The number of carboxylic acid groups (broad SMARTS) is 1. The number of thiophene rings is 1. The number of ketones is 1. The number of hydrogen-bond acceptors (Lipinski definition) is 4. The topological polar surface area (TPSA) is 86.7 Å². The molecule has 1 aromatic rings. The van der Waals surface area contributed by atoms with E-state index in [1.807, 2.05) is 11.4 Å². The third-order valence-electron chi connectivity index (χ3n) is 2.75. The maximum absolute atomic E-state index is 11.9. The fourth-order valence-corrected chi connectivity index (χ4v) is 3.26. The zero-order valence-corrected chi connectivity index (χ0v) is 12.2. The van der Waals surface area contributed by atoms with Crippen LogP contribution in [0.2, 0.25) is 0 Å². The molecule has 0 aliphatic carbocycles. The predicted octanol–water partition coefficient (Wildman–Crippen LogP) is 1.45. The number of carbonyl (C=O) groups is 3. The summed E-state index contributed by atoms with van der Waals surface area (Å²) < 4.78 is 0.935. The summed E-state index contributed by atoms with van der Waals surface area (Å²) in [6, 6.07) is 0.966. The molecule has 0 radical (unpaired) electrons. The van der Waals surface area contributed by atoms with E-state index in [0.717, 1.165) is 14.2 Å². The highest BCUT2D eigenvalue weighted by atomic mass is 79.9.